The molecule has 1 amide bonds. The van der Waals surface area contributed by atoms with Crippen LogP contribution >= 0.6 is 0 Å². The topological polar surface area (TPSA) is 255 Å². The number of nitrogens with one attached hydrogen (secondary N) is 1. The van der Waals surface area contributed by atoms with Gasteiger partial charge in [-0.1, -0.05) is 278 Å². The molecule has 0 aromatic heterocycles. The molecule has 0 unspecified atom stereocenters. The fraction of sp³-hybridized carbons (Fsp3) is 0.396. The zero-order valence-corrected chi connectivity index (χ0v) is 64.4. The first-order valence-corrected chi connectivity index (χ1v) is 39.1. The molecule has 0 radical (unpaired) electrons. The van der Waals surface area contributed by atoms with Crippen molar-refractivity contribution in [2.75, 3.05) is 26.4 Å². The number of rotatable bonds is 40. The summed E-state index contributed by atoms with van der Waals surface area (Å²) < 4.78 is 123. The third kappa shape index (κ3) is 23.6. The van der Waals surface area contributed by atoms with Gasteiger partial charge in [-0.3, -0.25) is 4.79 Å². The summed E-state index contributed by atoms with van der Waals surface area (Å²) in [7, 11) is 0. The van der Waals surface area contributed by atoms with E-state index < -0.39 is 135 Å². The molecule has 4 saturated heterocycles. The van der Waals surface area contributed by atoms with E-state index in [1.807, 2.05) is 287 Å². The van der Waals surface area contributed by atoms with Gasteiger partial charge in [-0.15, -0.1) is 0 Å². The molecule has 9 aromatic carbocycles. The first kappa shape index (κ1) is 83.0. The standard InChI is InChI=1S/C91H102N4O19/c1-62-77(100-53-66-33-15-5-16-34-66)82(103-56-69-39-21-8-22-40-69)85(106-59-72-45-27-11-28-46-72)89(108-62)112-80-74(51-96)110-88(99-50-49-93-95-92)76(94-64(3)97)81(80)113-91-87(84(105-58-71-43-25-10-26-44-71)79(102-55-68-37-19-7-20-38-68)75(111-91)61-98-52-65-31-13-4-14-32-65)114-90-86(107-60-73-47-29-12-30-48-73)83(104-57-70-41-23-9-24-42-70)78(63(2)109-90)101-54-67-35-17-6-18-36-67/h4-48,62-63,74-91,96H,49-61H2,1-3H3,(H,94,97)/t62-,63-,74+,75+,76+,77+,78+,79-,80+,81+,82+,83+,84-,85-,86-,87+,88+,89-,90-,91-/m0/s1. The van der Waals surface area contributed by atoms with Gasteiger partial charge in [0.1, 0.15) is 85.4 Å². The number of ether oxygens (including phenoxy) is 17. The van der Waals surface area contributed by atoms with Gasteiger partial charge in [-0.25, -0.2) is 0 Å². The van der Waals surface area contributed by atoms with Gasteiger partial charge in [0.05, 0.1) is 91.5 Å². The molecule has 13 rings (SSSR count). The molecule has 114 heavy (non-hydrogen) atoms. The van der Waals surface area contributed by atoms with Crippen LogP contribution in [0, 0.1) is 0 Å². The third-order valence-electron chi connectivity index (χ3n) is 20.3. The first-order valence-electron chi connectivity index (χ1n) is 39.1. The molecule has 4 fully saturated rings. The van der Waals surface area contributed by atoms with Crippen LogP contribution in [0.3, 0.4) is 0 Å². The van der Waals surface area contributed by atoms with Gasteiger partial charge in [0, 0.05) is 18.4 Å². The van der Waals surface area contributed by atoms with Gasteiger partial charge in [0.25, 0.3) is 0 Å². The number of hydrogen-bond donors (Lipinski definition) is 2. The van der Waals surface area contributed by atoms with Crippen LogP contribution in [0.5, 0.6) is 0 Å². The molecule has 600 valence electrons. The number of nitrogens with zero attached hydrogens (tertiary/aromatic N) is 3. The van der Waals surface area contributed by atoms with Crippen molar-refractivity contribution in [1.29, 1.82) is 0 Å². The van der Waals surface area contributed by atoms with Crippen LogP contribution in [-0.4, -0.2) is 160 Å². The Morgan fingerprint density at radius 1 is 0.351 bits per heavy atom. The SMILES string of the molecule is CC(=O)N[C@H]1[C@H](OCCN=[N+]=[N-])O[C@H](CO)[C@@H](O[C@@H]2O[C@@H](C)[C@@H](OCc3ccccc3)[C@@H](OCc3ccccc3)[C@@H]2OCc2ccccc2)[C@@H]1O[C@@H]1O[C@H](COCc2ccccc2)[C@H](OCc2ccccc2)[C@H](OCc2ccccc2)[C@H]1O[C@@H]1O[C@@H](C)[C@@H](OCc2ccccc2)[C@@H](OCc2ccccc2)[C@@H]1OCc1ccccc1. The minimum atomic E-state index is -1.63. The van der Waals surface area contributed by atoms with Gasteiger partial charge in [-0.05, 0) is 69.4 Å². The minimum absolute atomic E-state index is 0.0191. The smallest absolute Gasteiger partial charge is 0.217 e. The van der Waals surface area contributed by atoms with Crippen LogP contribution in [0.2, 0.25) is 0 Å². The molecule has 0 bridgehead atoms. The molecule has 4 aliphatic heterocycles. The molecule has 0 saturated carbocycles. The zero-order valence-electron chi connectivity index (χ0n) is 64.4. The van der Waals surface area contributed by atoms with Crippen molar-refractivity contribution in [2.45, 2.75) is 203 Å². The van der Waals surface area contributed by atoms with E-state index >= 15 is 0 Å². The van der Waals surface area contributed by atoms with E-state index in [1.54, 1.807) is 0 Å². The average molecular weight is 1560 g/mol. The second-order valence-electron chi connectivity index (χ2n) is 28.6. The van der Waals surface area contributed by atoms with Crippen LogP contribution in [-0.2, 0) is 145 Å². The van der Waals surface area contributed by atoms with Gasteiger partial charge >= 0.3 is 0 Å². The molecular formula is C91H102N4O19. The maximum Gasteiger partial charge on any atom is 0.217 e. The summed E-state index contributed by atoms with van der Waals surface area (Å²) in [6.07, 6.45) is -21.8. The molecule has 2 N–H and O–H groups in total. The Morgan fingerprint density at radius 3 is 0.982 bits per heavy atom. The number of carbonyl (C=O) groups excluding carboxylic acids is 1. The largest absolute Gasteiger partial charge is 0.394 e. The maximum atomic E-state index is 14.3. The Kier molecular flexibility index (Phi) is 31.8. The van der Waals surface area contributed by atoms with Gasteiger partial charge in [-0.2, -0.15) is 0 Å². The van der Waals surface area contributed by atoms with E-state index in [2.05, 4.69) is 15.3 Å². The molecule has 0 spiro atoms. The lowest BCUT2D eigenvalue weighted by atomic mass is 9.93. The molecule has 0 aliphatic carbocycles. The zero-order chi connectivity index (χ0) is 78.5. The highest BCUT2D eigenvalue weighted by molar-refractivity contribution is 5.73. The van der Waals surface area contributed by atoms with Crippen molar-refractivity contribution in [3.8, 4) is 0 Å². The number of benzene rings is 9. The molecule has 23 nitrogen and oxygen atoms in total. The van der Waals surface area contributed by atoms with Crippen molar-refractivity contribution in [3.63, 3.8) is 0 Å². The van der Waals surface area contributed by atoms with Crippen LogP contribution in [0.25, 0.3) is 10.4 Å². The summed E-state index contributed by atoms with van der Waals surface area (Å²) in [5, 5.41) is 18.9. The Balaban J connectivity index is 0.957. The van der Waals surface area contributed by atoms with Crippen molar-refractivity contribution in [1.82, 2.24) is 5.32 Å². The van der Waals surface area contributed by atoms with E-state index in [0.717, 1.165) is 50.1 Å². The van der Waals surface area contributed by atoms with Crippen molar-refractivity contribution < 1.29 is 90.4 Å². The molecule has 4 aliphatic rings. The predicted octanol–water partition coefficient (Wildman–Crippen LogP) is 13.8. The highest BCUT2D eigenvalue weighted by atomic mass is 16.8. The van der Waals surface area contributed by atoms with Gasteiger partial charge < -0.3 is 90.9 Å². The molecular weight excluding hydrogens is 1450 g/mol. The fourth-order valence-electron chi connectivity index (χ4n) is 14.6. The summed E-state index contributed by atoms with van der Waals surface area (Å²) in [6.45, 7) is 5.12. The second-order valence-corrected chi connectivity index (χ2v) is 28.6. The second kappa shape index (κ2) is 43.7. The number of hydrogen-bond acceptors (Lipinski definition) is 20. The Labute approximate surface area is 666 Å². The minimum Gasteiger partial charge on any atom is -0.394 e. The van der Waals surface area contributed by atoms with Crippen molar-refractivity contribution in [3.05, 3.63) is 334 Å². The lowest BCUT2D eigenvalue weighted by Gasteiger charge is -2.53. The van der Waals surface area contributed by atoms with Crippen LogP contribution in [0.1, 0.15) is 70.8 Å². The maximum absolute atomic E-state index is 14.3. The molecule has 20 atom stereocenters. The lowest BCUT2D eigenvalue weighted by molar-refractivity contribution is -0.401. The van der Waals surface area contributed by atoms with Gasteiger partial charge in [0.15, 0.2) is 25.2 Å². The van der Waals surface area contributed by atoms with E-state index in [-0.39, 0.29) is 79.2 Å². The monoisotopic (exact) mass is 1550 g/mol. The summed E-state index contributed by atoms with van der Waals surface area (Å²) in [6, 6.07) is 86.8. The summed E-state index contributed by atoms with van der Waals surface area (Å²) >= 11 is 0. The highest BCUT2D eigenvalue weighted by Crippen LogP contribution is 2.41. The summed E-state index contributed by atoms with van der Waals surface area (Å²) in [4.78, 5) is 17.3. The summed E-state index contributed by atoms with van der Waals surface area (Å²) in [5.74, 6) is -0.530. The van der Waals surface area contributed by atoms with E-state index in [9.17, 15) is 15.4 Å². The Hall–Kier alpha value is -8.96. The predicted molar refractivity (Wildman–Crippen MR) is 422 cm³/mol. The third-order valence-corrected chi connectivity index (χ3v) is 20.3. The quantitative estimate of drug-likeness (QED) is 0.0157. The van der Waals surface area contributed by atoms with Crippen molar-refractivity contribution >= 4 is 5.91 Å². The number of amides is 1. The fourth-order valence-corrected chi connectivity index (χ4v) is 14.6. The molecule has 4 heterocycles. The lowest BCUT2D eigenvalue weighted by Crippen LogP contribution is -2.71. The summed E-state index contributed by atoms with van der Waals surface area (Å²) in [5.41, 5.74) is 17.4. The van der Waals surface area contributed by atoms with Crippen LogP contribution < -0.4 is 5.32 Å². The average Bonchev–Trinajstić information content (AvgIpc) is 0.765. The van der Waals surface area contributed by atoms with E-state index in [1.165, 1.54) is 6.92 Å². The van der Waals surface area contributed by atoms with Crippen LogP contribution in [0.4, 0.5) is 0 Å². The number of aliphatic hydroxyl groups excluding tert-OH is 1. The Bertz CT molecular complexity index is 4260. The number of aliphatic hydroxyl groups is 1. The van der Waals surface area contributed by atoms with E-state index in [0.29, 0.717) is 0 Å². The Morgan fingerprint density at radius 2 is 0.640 bits per heavy atom. The molecule has 23 heteroatoms. The normalized spacial score (nSPS) is 27.6. The number of azide groups is 1. The number of carbonyl (C=O) groups is 1. The molecule has 9 aromatic rings. The van der Waals surface area contributed by atoms with Crippen molar-refractivity contribution in [2.24, 2.45) is 5.11 Å². The van der Waals surface area contributed by atoms with Gasteiger partial charge in [0.2, 0.25) is 5.91 Å². The van der Waals surface area contributed by atoms with E-state index in [4.69, 9.17) is 80.5 Å². The highest BCUT2D eigenvalue weighted by Gasteiger charge is 2.59. The first-order chi connectivity index (χ1) is 56.1. The van der Waals surface area contributed by atoms with Crippen LogP contribution in [0.15, 0.2) is 278 Å².